The molecule has 1 unspecified atom stereocenters. The van der Waals surface area contributed by atoms with Crippen molar-refractivity contribution in [1.29, 1.82) is 0 Å². The molecule has 0 saturated heterocycles. The quantitative estimate of drug-likeness (QED) is 0.509. The van der Waals surface area contributed by atoms with E-state index >= 15 is 0 Å². The van der Waals surface area contributed by atoms with Crippen LogP contribution in [-0.2, 0) is 9.63 Å². The standard InChI is InChI=1S/C7H14ClNO3/c1-9(2)12-7(11)4-3-6(10)5-8/h6,10H,3-5H2,1-2H3. The summed E-state index contributed by atoms with van der Waals surface area (Å²) in [7, 11) is 3.24. The van der Waals surface area contributed by atoms with E-state index in [2.05, 4.69) is 4.84 Å². The Hall–Kier alpha value is -0.320. The summed E-state index contributed by atoms with van der Waals surface area (Å²) in [6.07, 6.45) is -0.0937. The van der Waals surface area contributed by atoms with E-state index in [0.29, 0.717) is 6.42 Å². The summed E-state index contributed by atoms with van der Waals surface area (Å²) in [5.41, 5.74) is 0. The van der Waals surface area contributed by atoms with Crippen LogP contribution in [0.4, 0.5) is 0 Å². The largest absolute Gasteiger partial charge is 0.392 e. The number of halogens is 1. The van der Waals surface area contributed by atoms with Crippen molar-refractivity contribution in [2.75, 3.05) is 20.0 Å². The second kappa shape index (κ2) is 6.22. The van der Waals surface area contributed by atoms with E-state index in [-0.39, 0.29) is 18.3 Å². The summed E-state index contributed by atoms with van der Waals surface area (Å²) in [6, 6.07) is 0. The molecule has 0 aromatic carbocycles. The van der Waals surface area contributed by atoms with Gasteiger partial charge >= 0.3 is 5.97 Å². The molecule has 72 valence electrons. The van der Waals surface area contributed by atoms with Crippen molar-refractivity contribution in [1.82, 2.24) is 5.06 Å². The number of carbonyl (C=O) groups is 1. The highest BCUT2D eigenvalue weighted by atomic mass is 35.5. The highest BCUT2D eigenvalue weighted by Crippen LogP contribution is 2.00. The molecular weight excluding hydrogens is 182 g/mol. The van der Waals surface area contributed by atoms with Gasteiger partial charge in [-0.25, -0.2) is 0 Å². The lowest BCUT2D eigenvalue weighted by Crippen LogP contribution is -2.20. The van der Waals surface area contributed by atoms with Gasteiger partial charge in [-0.2, -0.15) is 0 Å². The van der Waals surface area contributed by atoms with E-state index < -0.39 is 6.10 Å². The van der Waals surface area contributed by atoms with Crippen LogP contribution in [0.1, 0.15) is 12.8 Å². The number of aliphatic hydroxyl groups excluding tert-OH is 1. The van der Waals surface area contributed by atoms with Crippen LogP contribution >= 0.6 is 11.6 Å². The minimum atomic E-state index is -0.624. The first kappa shape index (κ1) is 11.7. The predicted molar refractivity (Wildman–Crippen MR) is 45.7 cm³/mol. The van der Waals surface area contributed by atoms with Gasteiger partial charge in [-0.05, 0) is 6.42 Å². The van der Waals surface area contributed by atoms with Crippen molar-refractivity contribution in [3.8, 4) is 0 Å². The number of alkyl halides is 1. The van der Waals surface area contributed by atoms with Crippen LogP contribution in [0.5, 0.6) is 0 Å². The number of carbonyl (C=O) groups excluding carboxylic acids is 1. The molecule has 0 amide bonds. The Morgan fingerprint density at radius 1 is 1.67 bits per heavy atom. The molecule has 1 atom stereocenters. The smallest absolute Gasteiger partial charge is 0.325 e. The normalized spacial score (nSPS) is 13.1. The Balaban J connectivity index is 3.44. The molecule has 0 aliphatic rings. The van der Waals surface area contributed by atoms with Crippen molar-refractivity contribution >= 4 is 17.6 Å². The number of hydrogen-bond donors (Lipinski definition) is 1. The fourth-order valence-electron chi connectivity index (χ4n) is 0.611. The molecule has 0 heterocycles. The zero-order chi connectivity index (χ0) is 9.56. The van der Waals surface area contributed by atoms with Gasteiger partial charge in [-0.3, -0.25) is 4.79 Å². The number of aliphatic hydroxyl groups is 1. The first-order chi connectivity index (χ1) is 5.56. The van der Waals surface area contributed by atoms with Gasteiger partial charge in [-0.15, -0.1) is 16.7 Å². The molecule has 0 aliphatic carbocycles. The van der Waals surface area contributed by atoms with Crippen LogP contribution in [-0.4, -0.2) is 42.2 Å². The molecule has 1 N–H and O–H groups in total. The topological polar surface area (TPSA) is 49.8 Å². The number of hydroxylamine groups is 2. The minimum absolute atomic E-state index is 0.148. The van der Waals surface area contributed by atoms with E-state index in [9.17, 15) is 4.79 Å². The highest BCUT2D eigenvalue weighted by Gasteiger charge is 2.08. The van der Waals surface area contributed by atoms with Crippen molar-refractivity contribution in [3.05, 3.63) is 0 Å². The monoisotopic (exact) mass is 195 g/mol. The average molecular weight is 196 g/mol. The van der Waals surface area contributed by atoms with Crippen LogP contribution in [0, 0.1) is 0 Å². The zero-order valence-electron chi connectivity index (χ0n) is 7.29. The third-order valence-electron chi connectivity index (χ3n) is 1.14. The van der Waals surface area contributed by atoms with E-state index in [0.717, 1.165) is 0 Å². The molecule has 4 nitrogen and oxygen atoms in total. The Bertz CT molecular complexity index is 141. The Kier molecular flexibility index (Phi) is 6.06. The molecule has 0 saturated carbocycles. The lowest BCUT2D eigenvalue weighted by molar-refractivity contribution is -0.178. The van der Waals surface area contributed by atoms with Gasteiger partial charge in [0.1, 0.15) is 0 Å². The Morgan fingerprint density at radius 3 is 2.67 bits per heavy atom. The lowest BCUT2D eigenvalue weighted by atomic mass is 10.2. The molecule has 0 radical (unpaired) electrons. The molecule has 0 aromatic heterocycles. The summed E-state index contributed by atoms with van der Waals surface area (Å²) in [6.45, 7) is 0. The maximum Gasteiger partial charge on any atom is 0.325 e. The predicted octanol–water partition coefficient (Wildman–Crippen LogP) is 0.386. The van der Waals surface area contributed by atoms with Crippen LogP contribution < -0.4 is 0 Å². The van der Waals surface area contributed by atoms with Crippen LogP contribution in [0.15, 0.2) is 0 Å². The van der Waals surface area contributed by atoms with Crippen molar-refractivity contribution in [2.45, 2.75) is 18.9 Å². The third kappa shape index (κ3) is 6.39. The molecule has 0 spiro atoms. The maximum atomic E-state index is 10.9. The molecule has 12 heavy (non-hydrogen) atoms. The first-order valence-corrected chi connectivity index (χ1v) is 4.22. The minimum Gasteiger partial charge on any atom is -0.392 e. The van der Waals surface area contributed by atoms with E-state index in [1.54, 1.807) is 14.1 Å². The van der Waals surface area contributed by atoms with Gasteiger partial charge in [0.2, 0.25) is 0 Å². The number of hydrogen-bond acceptors (Lipinski definition) is 4. The van der Waals surface area contributed by atoms with E-state index in [1.807, 2.05) is 0 Å². The van der Waals surface area contributed by atoms with Crippen molar-refractivity contribution < 1.29 is 14.7 Å². The maximum absolute atomic E-state index is 10.9. The SMILES string of the molecule is CN(C)OC(=O)CCC(O)CCl. The molecular formula is C7H14ClNO3. The Morgan fingerprint density at radius 2 is 2.25 bits per heavy atom. The fourth-order valence-corrected chi connectivity index (χ4v) is 0.765. The number of rotatable bonds is 5. The van der Waals surface area contributed by atoms with Crippen molar-refractivity contribution in [2.24, 2.45) is 0 Å². The highest BCUT2D eigenvalue weighted by molar-refractivity contribution is 6.18. The van der Waals surface area contributed by atoms with Crippen molar-refractivity contribution in [3.63, 3.8) is 0 Å². The molecule has 0 fully saturated rings. The van der Waals surface area contributed by atoms with Crippen LogP contribution in [0.3, 0.4) is 0 Å². The summed E-state index contributed by atoms with van der Waals surface area (Å²) in [5.74, 6) is -0.209. The summed E-state index contributed by atoms with van der Waals surface area (Å²) < 4.78 is 0. The van der Waals surface area contributed by atoms with Gasteiger partial charge in [0.25, 0.3) is 0 Å². The molecule has 5 heteroatoms. The number of nitrogens with zero attached hydrogens (tertiary/aromatic N) is 1. The van der Waals surface area contributed by atoms with E-state index in [4.69, 9.17) is 16.7 Å². The molecule has 0 aliphatic heterocycles. The molecule has 0 bridgehead atoms. The van der Waals surface area contributed by atoms with Gasteiger partial charge in [0.05, 0.1) is 6.10 Å². The van der Waals surface area contributed by atoms with Crippen LogP contribution in [0.2, 0.25) is 0 Å². The first-order valence-electron chi connectivity index (χ1n) is 3.68. The lowest BCUT2D eigenvalue weighted by Gasteiger charge is -2.10. The summed E-state index contributed by atoms with van der Waals surface area (Å²) >= 11 is 5.33. The zero-order valence-corrected chi connectivity index (χ0v) is 8.04. The second-order valence-corrected chi connectivity index (χ2v) is 2.93. The van der Waals surface area contributed by atoms with Gasteiger partial charge in [0, 0.05) is 26.4 Å². The van der Waals surface area contributed by atoms with Gasteiger partial charge in [0.15, 0.2) is 0 Å². The van der Waals surface area contributed by atoms with Gasteiger partial charge in [-0.1, -0.05) is 0 Å². The summed E-state index contributed by atoms with van der Waals surface area (Å²) in [4.78, 5) is 15.5. The second-order valence-electron chi connectivity index (χ2n) is 2.62. The molecule has 0 aromatic rings. The van der Waals surface area contributed by atoms with Crippen LogP contribution in [0.25, 0.3) is 0 Å². The van der Waals surface area contributed by atoms with E-state index in [1.165, 1.54) is 5.06 Å². The molecule has 0 rings (SSSR count). The fraction of sp³-hybridized carbons (Fsp3) is 0.857. The summed E-state index contributed by atoms with van der Waals surface area (Å²) in [5, 5.41) is 10.3. The third-order valence-corrected chi connectivity index (χ3v) is 1.50. The van der Waals surface area contributed by atoms with Gasteiger partial charge < -0.3 is 9.94 Å². The Labute approximate surface area is 77.0 Å². The average Bonchev–Trinajstić information content (AvgIpc) is 1.99.